The van der Waals surface area contributed by atoms with Crippen LogP contribution in [-0.4, -0.2) is 72.2 Å². The first-order valence-electron chi connectivity index (χ1n) is 10.9. The second-order valence-corrected chi connectivity index (χ2v) is 7.86. The van der Waals surface area contributed by atoms with E-state index in [0.717, 1.165) is 0 Å². The summed E-state index contributed by atoms with van der Waals surface area (Å²) in [6.07, 6.45) is -2.32. The molecule has 0 aliphatic heterocycles. The van der Waals surface area contributed by atoms with Gasteiger partial charge in [0.2, 0.25) is 0 Å². The molecule has 2 aromatic rings. The highest BCUT2D eigenvalue weighted by Gasteiger charge is 2.17. The topological polar surface area (TPSA) is 146 Å². The van der Waals surface area contributed by atoms with Gasteiger partial charge < -0.3 is 29.2 Å². The van der Waals surface area contributed by atoms with Gasteiger partial charge in [0.05, 0.1) is 34.5 Å². The molecule has 0 fully saturated rings. The highest BCUT2D eigenvalue weighted by Crippen LogP contribution is 2.11. The first kappa shape index (κ1) is 27.5. The van der Waals surface area contributed by atoms with E-state index < -0.39 is 42.2 Å². The molecule has 0 radical (unpaired) electrons. The van der Waals surface area contributed by atoms with Gasteiger partial charge in [-0.3, -0.25) is 0 Å². The van der Waals surface area contributed by atoms with Gasteiger partial charge in [0.25, 0.3) is 0 Å². The molecule has 2 rings (SSSR count). The van der Waals surface area contributed by atoms with E-state index >= 15 is 0 Å². The van der Waals surface area contributed by atoms with E-state index in [-0.39, 0.29) is 42.1 Å². The van der Waals surface area contributed by atoms with Crippen LogP contribution >= 0.6 is 0 Å². The molecule has 10 heteroatoms. The summed E-state index contributed by atoms with van der Waals surface area (Å²) in [5.41, 5.74) is 0.806. The molecule has 0 bridgehead atoms. The molecule has 0 aliphatic rings. The molecule has 0 aliphatic carbocycles. The number of carbonyl (C=O) groups excluding carboxylic acids is 4. The Morgan fingerprint density at radius 1 is 0.571 bits per heavy atom. The van der Waals surface area contributed by atoms with Gasteiger partial charge in [0.1, 0.15) is 25.9 Å². The highest BCUT2D eigenvalue weighted by atomic mass is 16.6. The first-order valence-corrected chi connectivity index (χ1v) is 10.9. The van der Waals surface area contributed by atoms with Crippen LogP contribution in [0.25, 0.3) is 0 Å². The number of benzene rings is 2. The molecular weight excluding hydrogens is 460 g/mol. The lowest BCUT2D eigenvalue weighted by Gasteiger charge is -2.14. The third kappa shape index (κ3) is 9.19. The number of esters is 4. The van der Waals surface area contributed by atoms with Crippen molar-refractivity contribution in [3.8, 4) is 0 Å². The Balaban J connectivity index is 1.82. The lowest BCUT2D eigenvalue weighted by atomic mass is 10.1. The predicted molar refractivity (Wildman–Crippen MR) is 122 cm³/mol. The van der Waals surface area contributed by atoms with E-state index in [0.29, 0.717) is 0 Å². The molecule has 0 aromatic heterocycles. The van der Waals surface area contributed by atoms with Crippen LogP contribution in [0.1, 0.15) is 62.2 Å². The standard InChI is InChI=1S/C25H28O10/c1-15(26)12-32-22(28)18-4-6-20(7-5-18)24(30)34-14-17(3)35-25(31)21-10-8-19(9-11-21)23(29)33-13-16(2)27/h4-11,15-17,26-27H,12-14H2,1-3H3. The normalized spacial score (nSPS) is 13.2. The third-order valence-electron chi connectivity index (χ3n) is 4.38. The summed E-state index contributed by atoms with van der Waals surface area (Å²) in [6, 6.07) is 11.2. The smallest absolute Gasteiger partial charge is 0.338 e. The van der Waals surface area contributed by atoms with E-state index in [1.807, 2.05) is 0 Å². The van der Waals surface area contributed by atoms with Gasteiger partial charge in [-0.2, -0.15) is 0 Å². The molecule has 35 heavy (non-hydrogen) atoms. The van der Waals surface area contributed by atoms with E-state index in [1.54, 1.807) is 6.92 Å². The zero-order valence-corrected chi connectivity index (χ0v) is 19.6. The van der Waals surface area contributed by atoms with Crippen LogP contribution in [0, 0.1) is 0 Å². The van der Waals surface area contributed by atoms with E-state index in [9.17, 15) is 19.2 Å². The summed E-state index contributed by atoms with van der Waals surface area (Å²) < 4.78 is 20.2. The van der Waals surface area contributed by atoms with Crippen molar-refractivity contribution in [1.82, 2.24) is 0 Å². The molecule has 3 unspecified atom stereocenters. The molecule has 0 amide bonds. The molecule has 188 valence electrons. The fourth-order valence-corrected chi connectivity index (χ4v) is 2.61. The molecule has 2 aromatic carbocycles. The number of ether oxygens (including phenoxy) is 4. The molecular formula is C25H28O10. The van der Waals surface area contributed by atoms with Gasteiger partial charge in [0, 0.05) is 0 Å². The Hall–Kier alpha value is -3.76. The number of carbonyl (C=O) groups is 4. The molecule has 0 saturated carbocycles. The maximum absolute atomic E-state index is 12.3. The SMILES string of the molecule is CC(O)COC(=O)c1ccc(C(=O)OCC(C)OC(=O)c2ccc(C(=O)OCC(C)O)cc2)cc1. The van der Waals surface area contributed by atoms with E-state index in [1.165, 1.54) is 62.4 Å². The van der Waals surface area contributed by atoms with Gasteiger partial charge in [-0.1, -0.05) is 0 Å². The Bertz CT molecular complexity index is 1010. The number of rotatable bonds is 11. The minimum absolute atomic E-state index is 0.139. The van der Waals surface area contributed by atoms with Crippen LogP contribution < -0.4 is 0 Å². The zero-order chi connectivity index (χ0) is 26.0. The van der Waals surface area contributed by atoms with Crippen molar-refractivity contribution in [1.29, 1.82) is 0 Å². The van der Waals surface area contributed by atoms with Crippen molar-refractivity contribution in [2.75, 3.05) is 19.8 Å². The summed E-state index contributed by atoms with van der Waals surface area (Å²) in [5, 5.41) is 18.3. The maximum Gasteiger partial charge on any atom is 0.338 e. The number of hydrogen-bond donors (Lipinski definition) is 2. The van der Waals surface area contributed by atoms with Crippen molar-refractivity contribution in [2.24, 2.45) is 0 Å². The Morgan fingerprint density at radius 2 is 0.857 bits per heavy atom. The summed E-state index contributed by atoms with van der Waals surface area (Å²) in [6.45, 7) is 4.04. The summed E-state index contributed by atoms with van der Waals surface area (Å²) in [4.78, 5) is 48.2. The number of aliphatic hydroxyl groups is 2. The summed E-state index contributed by atoms with van der Waals surface area (Å²) in [7, 11) is 0. The molecule has 0 spiro atoms. The molecule has 0 saturated heterocycles. The van der Waals surface area contributed by atoms with Crippen molar-refractivity contribution in [2.45, 2.75) is 39.1 Å². The highest BCUT2D eigenvalue weighted by molar-refractivity contribution is 5.94. The van der Waals surface area contributed by atoms with Gasteiger partial charge in [-0.05, 0) is 69.3 Å². The lowest BCUT2D eigenvalue weighted by molar-refractivity contribution is 0.00447. The second kappa shape index (κ2) is 13.2. The maximum atomic E-state index is 12.3. The van der Waals surface area contributed by atoms with Crippen LogP contribution in [0.5, 0.6) is 0 Å². The molecule has 0 heterocycles. The first-order chi connectivity index (χ1) is 16.6. The quantitative estimate of drug-likeness (QED) is 0.356. The van der Waals surface area contributed by atoms with Crippen molar-refractivity contribution >= 4 is 23.9 Å². The van der Waals surface area contributed by atoms with E-state index in [4.69, 9.17) is 29.2 Å². The summed E-state index contributed by atoms with van der Waals surface area (Å²) >= 11 is 0. The average Bonchev–Trinajstić information content (AvgIpc) is 2.84. The van der Waals surface area contributed by atoms with Gasteiger partial charge >= 0.3 is 23.9 Å². The average molecular weight is 488 g/mol. The monoisotopic (exact) mass is 488 g/mol. The van der Waals surface area contributed by atoms with Gasteiger partial charge in [-0.25, -0.2) is 19.2 Å². The minimum atomic E-state index is -0.784. The lowest BCUT2D eigenvalue weighted by Crippen LogP contribution is -2.22. The fraction of sp³-hybridized carbons (Fsp3) is 0.360. The van der Waals surface area contributed by atoms with Gasteiger partial charge in [0.15, 0.2) is 0 Å². The van der Waals surface area contributed by atoms with Crippen LogP contribution in [0.15, 0.2) is 48.5 Å². The van der Waals surface area contributed by atoms with Crippen molar-refractivity contribution in [3.05, 3.63) is 70.8 Å². The van der Waals surface area contributed by atoms with Crippen LogP contribution in [0.4, 0.5) is 0 Å². The minimum Gasteiger partial charge on any atom is -0.459 e. The largest absolute Gasteiger partial charge is 0.459 e. The molecule has 10 nitrogen and oxygen atoms in total. The van der Waals surface area contributed by atoms with E-state index in [2.05, 4.69) is 0 Å². The number of aliphatic hydroxyl groups excluding tert-OH is 2. The van der Waals surface area contributed by atoms with Gasteiger partial charge in [-0.15, -0.1) is 0 Å². The fourth-order valence-electron chi connectivity index (χ4n) is 2.61. The summed E-state index contributed by atoms with van der Waals surface area (Å²) in [5.74, 6) is -2.60. The second-order valence-electron chi connectivity index (χ2n) is 7.86. The van der Waals surface area contributed by atoms with Crippen LogP contribution in [0.2, 0.25) is 0 Å². The zero-order valence-electron chi connectivity index (χ0n) is 19.6. The predicted octanol–water partition coefficient (Wildman–Crippen LogP) is 2.16. The number of hydrogen-bond acceptors (Lipinski definition) is 10. The molecule has 2 N–H and O–H groups in total. The van der Waals surface area contributed by atoms with Crippen molar-refractivity contribution in [3.63, 3.8) is 0 Å². The Kier molecular flexibility index (Phi) is 10.4. The van der Waals surface area contributed by atoms with Crippen LogP contribution in [-0.2, 0) is 18.9 Å². The van der Waals surface area contributed by atoms with Crippen molar-refractivity contribution < 1.29 is 48.3 Å². The Morgan fingerprint density at radius 3 is 1.17 bits per heavy atom. The molecule has 3 atom stereocenters. The third-order valence-corrected chi connectivity index (χ3v) is 4.38. The van der Waals surface area contributed by atoms with Crippen LogP contribution in [0.3, 0.4) is 0 Å². The Labute approximate surface area is 202 Å².